The van der Waals surface area contributed by atoms with Gasteiger partial charge in [-0.15, -0.1) is 12.4 Å². The molecule has 3 nitrogen and oxygen atoms in total. The van der Waals surface area contributed by atoms with Gasteiger partial charge in [-0.3, -0.25) is 4.79 Å². The molecule has 0 aromatic heterocycles. The van der Waals surface area contributed by atoms with E-state index < -0.39 is 5.97 Å². The van der Waals surface area contributed by atoms with E-state index in [-0.39, 0.29) is 56.7 Å². The number of aliphatic carboxylic acids is 1. The van der Waals surface area contributed by atoms with Crippen molar-refractivity contribution in [2.45, 2.75) is 0 Å². The molecule has 0 fully saturated rings. The number of rotatable bonds is 1. The first kappa shape index (κ1) is 15.7. The van der Waals surface area contributed by atoms with Gasteiger partial charge in [-0.05, 0) is 0 Å². The molecular weight excluding hydrogens is 146 g/mol. The molecule has 0 spiro atoms. The number of hydrogen-bond acceptors (Lipinski definition) is 2. The number of carboxylic acids is 1. The molecule has 0 heterocycles. The fourth-order valence-electron chi connectivity index (χ4n) is 0. The summed E-state index contributed by atoms with van der Waals surface area (Å²) in [5, 5.41) is 7.60. The van der Waals surface area contributed by atoms with Crippen molar-refractivity contribution >= 4 is 56.1 Å². The predicted octanol–water partition coefficient (Wildman–Crippen LogP) is -1.46. The SMILES string of the molecule is Cl.NCC(=O)O.[CaH2]. The second kappa shape index (κ2) is 10.1. The van der Waals surface area contributed by atoms with Gasteiger partial charge in [-0.1, -0.05) is 0 Å². The summed E-state index contributed by atoms with van der Waals surface area (Å²) in [5.74, 6) is -0.968. The average Bonchev–Trinajstić information content (AvgIpc) is 1.38. The molecule has 0 atom stereocenters. The number of hydrogen-bond donors (Lipinski definition) is 2. The van der Waals surface area contributed by atoms with Crippen LogP contribution in [0.3, 0.4) is 0 Å². The van der Waals surface area contributed by atoms with Gasteiger partial charge in [0.15, 0.2) is 0 Å². The molecule has 0 radical (unpaired) electrons. The third-order valence-electron chi connectivity index (χ3n) is 0.175. The van der Waals surface area contributed by atoms with Crippen molar-refractivity contribution < 1.29 is 9.90 Å². The van der Waals surface area contributed by atoms with Gasteiger partial charge in [0.2, 0.25) is 0 Å². The molecule has 7 heavy (non-hydrogen) atoms. The van der Waals surface area contributed by atoms with E-state index in [0.717, 1.165) is 0 Å². The first-order chi connectivity index (χ1) is 2.27. The Labute approximate surface area is 77.7 Å². The van der Waals surface area contributed by atoms with Gasteiger partial charge in [0.1, 0.15) is 0 Å². The van der Waals surface area contributed by atoms with E-state index in [1.807, 2.05) is 0 Å². The summed E-state index contributed by atoms with van der Waals surface area (Å²) in [6, 6.07) is 0. The maximum atomic E-state index is 9.24. The van der Waals surface area contributed by atoms with E-state index >= 15 is 0 Å². The molecule has 3 N–H and O–H groups in total. The van der Waals surface area contributed by atoms with Crippen molar-refractivity contribution in [3.8, 4) is 0 Å². The topological polar surface area (TPSA) is 63.3 Å². The fraction of sp³-hybridized carbons (Fsp3) is 0.500. The van der Waals surface area contributed by atoms with E-state index in [1.165, 1.54) is 0 Å². The van der Waals surface area contributed by atoms with E-state index in [0.29, 0.717) is 0 Å². The standard InChI is InChI=1S/C2H5NO2.Ca.ClH.2H/c3-1-2(4)5;;;;/h1,3H2,(H,4,5);;1H;;. The van der Waals surface area contributed by atoms with Crippen LogP contribution >= 0.6 is 12.4 Å². The average molecular weight is 154 g/mol. The fourth-order valence-corrected chi connectivity index (χ4v) is 0. The van der Waals surface area contributed by atoms with E-state index in [4.69, 9.17) is 5.11 Å². The van der Waals surface area contributed by atoms with Crippen LogP contribution in [0.5, 0.6) is 0 Å². The van der Waals surface area contributed by atoms with Crippen molar-refractivity contribution in [2.24, 2.45) is 5.73 Å². The molecule has 0 aromatic rings. The van der Waals surface area contributed by atoms with Gasteiger partial charge in [0, 0.05) is 0 Å². The van der Waals surface area contributed by atoms with Gasteiger partial charge >= 0.3 is 43.7 Å². The molecule has 0 aliphatic carbocycles. The van der Waals surface area contributed by atoms with E-state index in [2.05, 4.69) is 5.73 Å². The Morgan fingerprint density at radius 1 is 1.71 bits per heavy atom. The summed E-state index contributed by atoms with van der Waals surface area (Å²) in [6.07, 6.45) is 0. The third kappa shape index (κ3) is 19.5. The molecular formula is C2H8CaClNO2. The third-order valence-corrected chi connectivity index (χ3v) is 0.175. The maximum absolute atomic E-state index is 9.24. The normalized spacial score (nSPS) is 5.29. The zero-order valence-corrected chi connectivity index (χ0v) is 3.86. The van der Waals surface area contributed by atoms with Crippen LogP contribution in [0.15, 0.2) is 0 Å². The summed E-state index contributed by atoms with van der Waals surface area (Å²) < 4.78 is 0. The summed E-state index contributed by atoms with van der Waals surface area (Å²) in [6.45, 7) is -0.278. The summed E-state index contributed by atoms with van der Waals surface area (Å²) in [7, 11) is 0. The van der Waals surface area contributed by atoms with Gasteiger partial charge in [-0.25, -0.2) is 0 Å². The second-order valence-electron chi connectivity index (χ2n) is 0.598. The minimum absolute atomic E-state index is 0. The van der Waals surface area contributed by atoms with Crippen molar-refractivity contribution in [3.63, 3.8) is 0 Å². The van der Waals surface area contributed by atoms with Crippen LogP contribution in [0.1, 0.15) is 0 Å². The number of nitrogens with two attached hydrogens (primary N) is 1. The molecule has 0 saturated carbocycles. The number of carboxylic acid groups (broad SMARTS) is 1. The Bertz CT molecular complexity index is 51.0. The van der Waals surface area contributed by atoms with Crippen molar-refractivity contribution in [3.05, 3.63) is 0 Å². The zero-order chi connectivity index (χ0) is 4.28. The Morgan fingerprint density at radius 2 is 1.86 bits per heavy atom. The van der Waals surface area contributed by atoms with Crippen molar-refractivity contribution in [1.82, 2.24) is 0 Å². The Balaban J connectivity index is -0.0000000800. The minimum atomic E-state index is -0.968. The van der Waals surface area contributed by atoms with E-state index in [9.17, 15) is 4.79 Å². The summed E-state index contributed by atoms with van der Waals surface area (Å²) >= 11 is 0. The molecule has 0 aromatic carbocycles. The van der Waals surface area contributed by atoms with Gasteiger partial charge in [-0.2, -0.15) is 0 Å². The first-order valence-electron chi connectivity index (χ1n) is 1.19. The van der Waals surface area contributed by atoms with Crippen LogP contribution in [-0.2, 0) is 4.79 Å². The summed E-state index contributed by atoms with van der Waals surface area (Å²) in [5.41, 5.74) is 4.57. The van der Waals surface area contributed by atoms with Crippen molar-refractivity contribution in [1.29, 1.82) is 0 Å². The van der Waals surface area contributed by atoms with Gasteiger partial charge in [0.25, 0.3) is 0 Å². The van der Waals surface area contributed by atoms with Gasteiger partial charge in [0.05, 0.1) is 6.54 Å². The summed E-state index contributed by atoms with van der Waals surface area (Å²) in [4.78, 5) is 9.24. The Kier molecular flexibility index (Phi) is 22.5. The zero-order valence-electron chi connectivity index (χ0n) is 3.05. The molecule has 42 valence electrons. The van der Waals surface area contributed by atoms with Crippen LogP contribution in [0.4, 0.5) is 0 Å². The van der Waals surface area contributed by atoms with Gasteiger partial charge < -0.3 is 10.8 Å². The number of halogens is 1. The number of carbonyl (C=O) groups is 1. The van der Waals surface area contributed by atoms with Crippen LogP contribution in [0.2, 0.25) is 0 Å². The molecule has 0 saturated heterocycles. The quantitative estimate of drug-likeness (QED) is 0.453. The first-order valence-corrected chi connectivity index (χ1v) is 1.19. The Morgan fingerprint density at radius 3 is 1.86 bits per heavy atom. The molecule has 0 amide bonds. The van der Waals surface area contributed by atoms with Crippen LogP contribution in [0.25, 0.3) is 0 Å². The molecule has 0 bridgehead atoms. The molecule has 5 heteroatoms. The molecule has 0 aliphatic heterocycles. The van der Waals surface area contributed by atoms with Crippen molar-refractivity contribution in [2.75, 3.05) is 6.54 Å². The molecule has 0 aliphatic rings. The monoisotopic (exact) mass is 153 g/mol. The van der Waals surface area contributed by atoms with Crippen LogP contribution < -0.4 is 5.73 Å². The van der Waals surface area contributed by atoms with E-state index in [1.54, 1.807) is 0 Å². The Hall–Kier alpha value is 0.980. The second-order valence-corrected chi connectivity index (χ2v) is 0.598. The van der Waals surface area contributed by atoms with Crippen LogP contribution in [-0.4, -0.2) is 55.4 Å². The predicted molar refractivity (Wildman–Crippen MR) is 32.5 cm³/mol. The molecule has 0 unspecified atom stereocenters. The van der Waals surface area contributed by atoms with Crippen LogP contribution in [0, 0.1) is 0 Å². The molecule has 0 rings (SSSR count).